The fourth-order valence-electron chi connectivity index (χ4n) is 1.29. The molecule has 0 spiro atoms. The van der Waals surface area contributed by atoms with Crippen molar-refractivity contribution >= 4 is 17.0 Å². The molecule has 0 fully saturated rings. The maximum atomic E-state index is 5.55. The molecule has 0 bridgehead atoms. The molecule has 84 valence electrons. The Morgan fingerprint density at radius 2 is 2.12 bits per heavy atom. The van der Waals surface area contributed by atoms with Gasteiger partial charge in [0.1, 0.15) is 11.4 Å². The Labute approximate surface area is 100 Å². The van der Waals surface area contributed by atoms with Crippen LogP contribution in [-0.4, -0.2) is 20.1 Å². The van der Waals surface area contributed by atoms with E-state index >= 15 is 0 Å². The molecule has 0 radical (unpaired) electrons. The van der Waals surface area contributed by atoms with Gasteiger partial charge in [-0.05, 0) is 12.1 Å². The number of aromatic nitrogens is 4. The Morgan fingerprint density at radius 1 is 1.18 bits per heavy atom. The molecule has 17 heavy (non-hydrogen) atoms. The van der Waals surface area contributed by atoms with Crippen LogP contribution in [0.15, 0.2) is 33.7 Å². The van der Waals surface area contributed by atoms with Crippen molar-refractivity contribution < 1.29 is 4.52 Å². The summed E-state index contributed by atoms with van der Waals surface area (Å²) in [7, 11) is 0. The molecule has 6 nitrogen and oxygen atoms in total. The topological polar surface area (TPSA) is 90.7 Å². The molecule has 0 unspecified atom stereocenters. The molecule has 0 amide bonds. The Hall–Kier alpha value is -2.28. The number of thiazole rings is 1. The van der Waals surface area contributed by atoms with Crippen LogP contribution in [-0.2, 0) is 0 Å². The average molecular weight is 245 g/mol. The number of anilines is 1. The van der Waals surface area contributed by atoms with Crippen LogP contribution in [0.3, 0.4) is 0 Å². The SMILES string of the molecule is Nc1ccc(-c2nc(-c3cscn3)no2)nc1. The number of nitrogen functional groups attached to an aromatic ring is 1. The third kappa shape index (κ3) is 1.87. The Kier molecular flexibility index (Phi) is 2.30. The Balaban J connectivity index is 1.98. The molecule has 3 rings (SSSR count). The second-order valence-corrected chi connectivity index (χ2v) is 3.99. The first-order valence-electron chi connectivity index (χ1n) is 4.77. The highest BCUT2D eigenvalue weighted by Gasteiger charge is 2.12. The summed E-state index contributed by atoms with van der Waals surface area (Å²) < 4.78 is 5.11. The van der Waals surface area contributed by atoms with Crippen molar-refractivity contribution in [3.05, 3.63) is 29.2 Å². The van der Waals surface area contributed by atoms with Gasteiger partial charge >= 0.3 is 0 Å². The van der Waals surface area contributed by atoms with Crippen LogP contribution in [0.2, 0.25) is 0 Å². The van der Waals surface area contributed by atoms with Crippen LogP contribution in [0.5, 0.6) is 0 Å². The van der Waals surface area contributed by atoms with Crippen molar-refractivity contribution in [1.82, 2.24) is 20.1 Å². The van der Waals surface area contributed by atoms with E-state index in [-0.39, 0.29) is 0 Å². The van der Waals surface area contributed by atoms with Crippen LogP contribution in [0.4, 0.5) is 5.69 Å². The predicted molar refractivity (Wildman–Crippen MR) is 63.0 cm³/mol. The first-order chi connectivity index (χ1) is 8.33. The smallest absolute Gasteiger partial charge is 0.276 e. The van der Waals surface area contributed by atoms with Gasteiger partial charge in [-0.15, -0.1) is 11.3 Å². The van der Waals surface area contributed by atoms with E-state index in [1.807, 2.05) is 5.38 Å². The maximum Gasteiger partial charge on any atom is 0.276 e. The first kappa shape index (κ1) is 9.91. The molecular weight excluding hydrogens is 238 g/mol. The van der Waals surface area contributed by atoms with Gasteiger partial charge in [0.25, 0.3) is 5.89 Å². The van der Waals surface area contributed by atoms with Gasteiger partial charge in [0.15, 0.2) is 0 Å². The average Bonchev–Trinajstić information content (AvgIpc) is 3.00. The molecule has 3 aromatic rings. The van der Waals surface area contributed by atoms with Crippen LogP contribution in [0.25, 0.3) is 23.1 Å². The largest absolute Gasteiger partial charge is 0.397 e. The molecule has 7 heteroatoms. The minimum Gasteiger partial charge on any atom is -0.397 e. The van der Waals surface area contributed by atoms with E-state index in [0.717, 1.165) is 0 Å². The number of nitrogens with two attached hydrogens (primary N) is 1. The summed E-state index contributed by atoms with van der Waals surface area (Å²) in [6, 6.07) is 3.46. The number of rotatable bonds is 2. The standard InChI is InChI=1S/C10H7N5OS/c11-6-1-2-7(12-3-6)10-14-9(15-16-10)8-4-17-5-13-8/h1-5H,11H2. The molecule has 0 saturated carbocycles. The van der Waals surface area contributed by atoms with E-state index in [0.29, 0.717) is 28.8 Å². The summed E-state index contributed by atoms with van der Waals surface area (Å²) in [5.41, 5.74) is 9.14. The van der Waals surface area contributed by atoms with E-state index in [1.54, 1.807) is 23.8 Å². The van der Waals surface area contributed by atoms with Crippen LogP contribution < -0.4 is 5.73 Å². The second kappa shape index (κ2) is 3.95. The molecule has 0 aromatic carbocycles. The third-order valence-electron chi connectivity index (χ3n) is 2.09. The number of hydrogen-bond acceptors (Lipinski definition) is 7. The fraction of sp³-hybridized carbons (Fsp3) is 0. The highest BCUT2D eigenvalue weighted by Crippen LogP contribution is 2.20. The maximum absolute atomic E-state index is 5.55. The Morgan fingerprint density at radius 3 is 2.82 bits per heavy atom. The van der Waals surface area contributed by atoms with Crippen LogP contribution >= 0.6 is 11.3 Å². The van der Waals surface area contributed by atoms with Crippen LogP contribution in [0.1, 0.15) is 0 Å². The van der Waals surface area contributed by atoms with Gasteiger partial charge in [-0.2, -0.15) is 4.98 Å². The Bertz CT molecular complexity index is 616. The molecule has 0 aliphatic rings. The predicted octanol–water partition coefficient (Wildman–Crippen LogP) is 1.84. The van der Waals surface area contributed by atoms with Crippen molar-refractivity contribution in [3.63, 3.8) is 0 Å². The first-order valence-corrected chi connectivity index (χ1v) is 5.71. The van der Waals surface area contributed by atoms with Crippen molar-refractivity contribution in [2.45, 2.75) is 0 Å². The number of hydrogen-bond donors (Lipinski definition) is 1. The van der Waals surface area contributed by atoms with E-state index in [9.17, 15) is 0 Å². The normalized spacial score (nSPS) is 10.6. The highest BCUT2D eigenvalue weighted by molar-refractivity contribution is 7.07. The van der Waals surface area contributed by atoms with Gasteiger partial charge < -0.3 is 10.3 Å². The van der Waals surface area contributed by atoms with Gasteiger partial charge in [-0.25, -0.2) is 9.97 Å². The molecular formula is C10H7N5OS. The zero-order valence-electron chi connectivity index (χ0n) is 8.57. The zero-order chi connectivity index (χ0) is 11.7. The van der Waals surface area contributed by atoms with E-state index < -0.39 is 0 Å². The molecule has 0 saturated heterocycles. The molecule has 0 atom stereocenters. The summed E-state index contributed by atoms with van der Waals surface area (Å²) >= 11 is 1.48. The molecule has 0 aliphatic heterocycles. The molecule has 3 heterocycles. The van der Waals surface area contributed by atoms with E-state index in [2.05, 4.69) is 20.1 Å². The summed E-state index contributed by atoms with van der Waals surface area (Å²) in [5, 5.41) is 5.70. The second-order valence-electron chi connectivity index (χ2n) is 3.27. The quantitative estimate of drug-likeness (QED) is 0.740. The fourth-order valence-corrected chi connectivity index (χ4v) is 1.82. The van der Waals surface area contributed by atoms with Crippen molar-refractivity contribution in [1.29, 1.82) is 0 Å². The lowest BCUT2D eigenvalue weighted by Crippen LogP contribution is -1.88. The van der Waals surface area contributed by atoms with Gasteiger partial charge in [0.05, 0.1) is 17.4 Å². The van der Waals surface area contributed by atoms with E-state index in [4.69, 9.17) is 10.3 Å². The monoisotopic (exact) mass is 245 g/mol. The number of pyridine rings is 1. The summed E-state index contributed by atoms with van der Waals surface area (Å²) in [6.45, 7) is 0. The number of nitrogens with zero attached hydrogens (tertiary/aromatic N) is 4. The van der Waals surface area contributed by atoms with Gasteiger partial charge in [0.2, 0.25) is 5.82 Å². The van der Waals surface area contributed by atoms with Gasteiger partial charge in [0, 0.05) is 5.38 Å². The van der Waals surface area contributed by atoms with Crippen LogP contribution in [0, 0.1) is 0 Å². The summed E-state index contributed by atoms with van der Waals surface area (Å²) in [6.07, 6.45) is 1.54. The lowest BCUT2D eigenvalue weighted by Gasteiger charge is -1.93. The van der Waals surface area contributed by atoms with Crippen molar-refractivity contribution in [2.75, 3.05) is 5.73 Å². The lowest BCUT2D eigenvalue weighted by atomic mass is 10.3. The summed E-state index contributed by atoms with van der Waals surface area (Å²) in [4.78, 5) is 12.4. The molecule has 0 aliphatic carbocycles. The van der Waals surface area contributed by atoms with E-state index in [1.165, 1.54) is 11.3 Å². The zero-order valence-corrected chi connectivity index (χ0v) is 9.39. The third-order valence-corrected chi connectivity index (χ3v) is 2.68. The molecule has 3 aromatic heterocycles. The lowest BCUT2D eigenvalue weighted by molar-refractivity contribution is 0.431. The van der Waals surface area contributed by atoms with Crippen molar-refractivity contribution in [2.24, 2.45) is 0 Å². The minimum absolute atomic E-state index is 0.355. The minimum atomic E-state index is 0.355. The molecule has 2 N–H and O–H groups in total. The van der Waals surface area contributed by atoms with Crippen molar-refractivity contribution in [3.8, 4) is 23.1 Å². The summed E-state index contributed by atoms with van der Waals surface area (Å²) in [5.74, 6) is 0.813. The highest BCUT2D eigenvalue weighted by atomic mass is 32.1. The van der Waals surface area contributed by atoms with Gasteiger partial charge in [-0.1, -0.05) is 5.16 Å². The van der Waals surface area contributed by atoms with Gasteiger partial charge in [-0.3, -0.25) is 0 Å².